The van der Waals surface area contributed by atoms with E-state index in [1.165, 1.54) is 0 Å². The minimum absolute atomic E-state index is 0. The topological polar surface area (TPSA) is 68.8 Å². The maximum atomic E-state index is 9.60. The van der Waals surface area contributed by atoms with Gasteiger partial charge in [0, 0.05) is 32.6 Å². The Hall–Kier alpha value is 0.313. The van der Waals surface area contributed by atoms with Gasteiger partial charge in [0.2, 0.25) is 0 Å². The van der Waals surface area contributed by atoms with Crippen molar-refractivity contribution in [3.8, 4) is 0 Å². The number of carboxylic acid groups (broad SMARTS) is 1. The van der Waals surface area contributed by atoms with Gasteiger partial charge in [-0.1, -0.05) is 6.92 Å². The molecule has 0 atom stereocenters. The fraction of sp³-hybridized carbons (Fsp3) is 0.750. The standard InChI is InChI=1S/C4H8O2.H2O.Zr/c1-2-3-4(5)6;;/h2-3H2,1H3,(H,5,6);1H2;. The molecule has 0 fully saturated rings. The van der Waals surface area contributed by atoms with Gasteiger partial charge >= 0.3 is 5.97 Å². The zero-order chi connectivity index (χ0) is 4.99. The first kappa shape index (κ1) is 15.7. The third kappa shape index (κ3) is 16.2. The number of hydrogen-bond acceptors (Lipinski definition) is 1. The predicted octanol–water partition coefficient (Wildman–Crippen LogP) is 0.0439. The molecular formula is C4H10O3Zr. The molecule has 3 nitrogen and oxygen atoms in total. The first-order valence-electron chi connectivity index (χ1n) is 1.99. The number of aliphatic carboxylic acids is 1. The van der Waals surface area contributed by atoms with Gasteiger partial charge in [-0.3, -0.25) is 4.79 Å². The molecule has 0 aliphatic rings. The zero-order valence-corrected chi connectivity index (χ0v) is 7.23. The summed E-state index contributed by atoms with van der Waals surface area (Å²) < 4.78 is 0. The molecule has 0 heterocycles. The Labute approximate surface area is 67.5 Å². The average Bonchev–Trinajstić information content (AvgIpc) is 1.35. The second-order valence-electron chi connectivity index (χ2n) is 1.14. The van der Waals surface area contributed by atoms with E-state index in [2.05, 4.69) is 0 Å². The molecule has 0 amide bonds. The minimum atomic E-state index is -0.711. The van der Waals surface area contributed by atoms with Crippen LogP contribution in [-0.2, 0) is 31.0 Å². The van der Waals surface area contributed by atoms with E-state index in [4.69, 9.17) is 5.11 Å². The number of carboxylic acids is 1. The zero-order valence-electron chi connectivity index (χ0n) is 4.77. The van der Waals surface area contributed by atoms with Crippen molar-refractivity contribution in [1.82, 2.24) is 0 Å². The Kier molecular flexibility index (Phi) is 20.3. The molecule has 0 bridgehead atoms. The van der Waals surface area contributed by atoms with Crippen LogP contribution in [0.2, 0.25) is 0 Å². The Balaban J connectivity index is -0.000000125. The molecule has 0 aromatic rings. The molecule has 3 N–H and O–H groups in total. The van der Waals surface area contributed by atoms with Gasteiger partial charge in [0.15, 0.2) is 0 Å². The third-order valence-corrected chi connectivity index (χ3v) is 0.464. The summed E-state index contributed by atoms with van der Waals surface area (Å²) in [4.78, 5) is 9.60. The number of hydrogen-bond donors (Lipinski definition) is 1. The van der Waals surface area contributed by atoms with Gasteiger partial charge in [-0.25, -0.2) is 0 Å². The van der Waals surface area contributed by atoms with Gasteiger partial charge in [0.25, 0.3) is 0 Å². The van der Waals surface area contributed by atoms with Crippen LogP contribution in [0.4, 0.5) is 0 Å². The first-order chi connectivity index (χ1) is 2.77. The second-order valence-corrected chi connectivity index (χ2v) is 1.14. The van der Waals surface area contributed by atoms with Crippen molar-refractivity contribution in [2.45, 2.75) is 19.8 Å². The third-order valence-electron chi connectivity index (χ3n) is 0.464. The summed E-state index contributed by atoms with van der Waals surface area (Å²) in [5.74, 6) is -0.711. The molecule has 48 valence electrons. The fourth-order valence-corrected chi connectivity index (χ4v) is 0.214. The van der Waals surface area contributed by atoms with Gasteiger partial charge in [-0.2, -0.15) is 0 Å². The van der Waals surface area contributed by atoms with Crippen molar-refractivity contribution in [3.05, 3.63) is 0 Å². The van der Waals surface area contributed by atoms with Crippen molar-refractivity contribution in [1.29, 1.82) is 0 Å². The van der Waals surface area contributed by atoms with Crippen LogP contribution in [-0.4, -0.2) is 16.6 Å². The number of carbonyl (C=O) groups is 1. The molecule has 0 radical (unpaired) electrons. The van der Waals surface area contributed by atoms with Crippen LogP contribution in [0, 0.1) is 0 Å². The van der Waals surface area contributed by atoms with E-state index in [0.29, 0.717) is 6.42 Å². The van der Waals surface area contributed by atoms with Crippen LogP contribution >= 0.6 is 0 Å². The molecule has 8 heavy (non-hydrogen) atoms. The first-order valence-corrected chi connectivity index (χ1v) is 1.99. The molecule has 0 aliphatic carbocycles. The molecule has 0 rings (SSSR count). The Morgan fingerprint density at radius 2 is 2.00 bits per heavy atom. The van der Waals surface area contributed by atoms with E-state index in [9.17, 15) is 4.79 Å². The summed E-state index contributed by atoms with van der Waals surface area (Å²) >= 11 is 0. The van der Waals surface area contributed by atoms with E-state index in [1.807, 2.05) is 6.92 Å². The molecule has 0 aromatic carbocycles. The summed E-state index contributed by atoms with van der Waals surface area (Å²) in [6.45, 7) is 1.84. The smallest absolute Gasteiger partial charge is 0.303 e. The summed E-state index contributed by atoms with van der Waals surface area (Å²) in [6, 6.07) is 0. The van der Waals surface area contributed by atoms with E-state index in [0.717, 1.165) is 6.42 Å². The van der Waals surface area contributed by atoms with Gasteiger partial charge in [-0.05, 0) is 6.42 Å². The van der Waals surface area contributed by atoms with Crippen molar-refractivity contribution in [2.24, 2.45) is 0 Å². The maximum Gasteiger partial charge on any atom is 0.303 e. The second kappa shape index (κ2) is 10.3. The maximum absolute atomic E-state index is 9.60. The minimum Gasteiger partial charge on any atom is -0.481 e. The quantitative estimate of drug-likeness (QED) is 0.679. The van der Waals surface area contributed by atoms with Crippen molar-refractivity contribution >= 4 is 5.97 Å². The summed E-state index contributed by atoms with van der Waals surface area (Å²) in [7, 11) is 0. The summed E-state index contributed by atoms with van der Waals surface area (Å²) in [6.07, 6.45) is 1.02. The van der Waals surface area contributed by atoms with Gasteiger partial charge in [0.1, 0.15) is 0 Å². The largest absolute Gasteiger partial charge is 0.481 e. The van der Waals surface area contributed by atoms with Gasteiger partial charge in [-0.15, -0.1) is 0 Å². The van der Waals surface area contributed by atoms with Crippen molar-refractivity contribution < 1.29 is 41.6 Å². The van der Waals surface area contributed by atoms with Crippen molar-refractivity contribution in [3.63, 3.8) is 0 Å². The molecule has 0 spiro atoms. The monoisotopic (exact) mass is 196 g/mol. The van der Waals surface area contributed by atoms with Crippen LogP contribution in [0.5, 0.6) is 0 Å². The van der Waals surface area contributed by atoms with E-state index < -0.39 is 5.97 Å². The Bertz CT molecular complexity index is 55.2. The predicted molar refractivity (Wildman–Crippen MR) is 26.2 cm³/mol. The molecule has 0 saturated heterocycles. The Morgan fingerprint density at radius 3 is 2.00 bits per heavy atom. The average molecular weight is 197 g/mol. The number of rotatable bonds is 2. The normalized spacial score (nSPS) is 6.12. The van der Waals surface area contributed by atoms with Gasteiger partial charge in [0.05, 0.1) is 0 Å². The Morgan fingerprint density at radius 1 is 1.62 bits per heavy atom. The van der Waals surface area contributed by atoms with Crippen molar-refractivity contribution in [2.75, 3.05) is 0 Å². The SMILES string of the molecule is CCCC(=O)O.O.[Zr]. The van der Waals surface area contributed by atoms with E-state index in [-0.39, 0.29) is 31.7 Å². The van der Waals surface area contributed by atoms with Gasteiger partial charge < -0.3 is 10.6 Å². The summed E-state index contributed by atoms with van der Waals surface area (Å²) in [5, 5.41) is 7.91. The molecule has 0 unspecified atom stereocenters. The van der Waals surface area contributed by atoms with Crippen LogP contribution in [0.3, 0.4) is 0 Å². The summed E-state index contributed by atoms with van der Waals surface area (Å²) in [5.41, 5.74) is 0. The van der Waals surface area contributed by atoms with Crippen LogP contribution in [0.25, 0.3) is 0 Å². The van der Waals surface area contributed by atoms with E-state index >= 15 is 0 Å². The molecule has 4 heteroatoms. The van der Waals surface area contributed by atoms with Crippen LogP contribution in [0.15, 0.2) is 0 Å². The fourth-order valence-electron chi connectivity index (χ4n) is 0.214. The molecule has 0 aliphatic heterocycles. The van der Waals surface area contributed by atoms with Crippen LogP contribution < -0.4 is 0 Å². The molecule has 0 aromatic heterocycles. The molecule has 0 saturated carbocycles. The van der Waals surface area contributed by atoms with E-state index in [1.54, 1.807) is 0 Å². The van der Waals surface area contributed by atoms with Crippen LogP contribution in [0.1, 0.15) is 19.8 Å². The molecular weight excluding hydrogens is 187 g/mol.